The second kappa shape index (κ2) is 8.15. The molecule has 4 heteroatoms. The fourth-order valence-corrected chi connectivity index (χ4v) is 3.06. The number of benzene rings is 2. The number of amides is 1. The first kappa shape index (κ1) is 17.5. The second-order valence-corrected chi connectivity index (χ2v) is 6.47. The van der Waals surface area contributed by atoms with E-state index >= 15 is 0 Å². The van der Waals surface area contributed by atoms with Crippen molar-refractivity contribution in [2.75, 3.05) is 6.54 Å². The Morgan fingerprint density at radius 2 is 2.00 bits per heavy atom. The zero-order valence-electron chi connectivity index (χ0n) is 13.9. The molecule has 1 amide bonds. The van der Waals surface area contributed by atoms with Gasteiger partial charge in [-0.1, -0.05) is 54.1 Å². The van der Waals surface area contributed by atoms with Gasteiger partial charge in [-0.25, -0.2) is 0 Å². The monoisotopic (exact) mass is 352 g/mol. The number of halogens is 1. The van der Waals surface area contributed by atoms with E-state index in [1.165, 1.54) is 0 Å². The van der Waals surface area contributed by atoms with Crippen molar-refractivity contribution < 1.29 is 4.79 Å². The fourth-order valence-electron chi connectivity index (χ4n) is 2.94. The van der Waals surface area contributed by atoms with E-state index in [1.54, 1.807) is 0 Å². The Hall–Kier alpha value is -2.36. The normalized spacial score (nSPS) is 14.2. The highest BCUT2D eigenvalue weighted by atomic mass is 35.5. The predicted octanol–water partition coefficient (Wildman–Crippen LogP) is 4.50. The number of nitrogens with one attached hydrogen (secondary N) is 1. The molecule has 1 atom stereocenters. The van der Waals surface area contributed by atoms with Gasteiger partial charge in [-0.2, -0.15) is 0 Å². The van der Waals surface area contributed by atoms with Crippen LogP contribution in [0.15, 0.2) is 66.8 Å². The Morgan fingerprint density at radius 1 is 1.20 bits per heavy atom. The van der Waals surface area contributed by atoms with Crippen LogP contribution in [0.1, 0.15) is 40.4 Å². The Morgan fingerprint density at radius 3 is 2.68 bits per heavy atom. The molecule has 3 nitrogen and oxygen atoms in total. The van der Waals surface area contributed by atoms with Crippen molar-refractivity contribution >= 4 is 23.1 Å². The molecule has 0 heterocycles. The van der Waals surface area contributed by atoms with E-state index in [-0.39, 0.29) is 11.9 Å². The molecule has 0 fully saturated rings. The smallest absolute Gasteiger partial charge is 0.251 e. The van der Waals surface area contributed by atoms with Gasteiger partial charge in [0.2, 0.25) is 0 Å². The third-order valence-electron chi connectivity index (χ3n) is 4.26. The van der Waals surface area contributed by atoms with Gasteiger partial charge in [-0.05, 0) is 60.4 Å². The summed E-state index contributed by atoms with van der Waals surface area (Å²) in [5, 5.41) is 3.76. The van der Waals surface area contributed by atoms with Crippen LogP contribution in [-0.2, 0) is 0 Å². The minimum atomic E-state index is -0.135. The number of carbonyl (C=O) groups excluding carboxylic acids is 1. The summed E-state index contributed by atoms with van der Waals surface area (Å²) in [7, 11) is 0. The van der Waals surface area contributed by atoms with Crippen molar-refractivity contribution in [2.45, 2.75) is 18.9 Å². The van der Waals surface area contributed by atoms with Gasteiger partial charge in [0.05, 0.1) is 6.04 Å². The van der Waals surface area contributed by atoms with E-state index in [0.717, 1.165) is 23.1 Å². The van der Waals surface area contributed by atoms with Gasteiger partial charge in [0, 0.05) is 10.6 Å². The van der Waals surface area contributed by atoms with E-state index in [1.807, 2.05) is 48.5 Å². The highest BCUT2D eigenvalue weighted by Gasteiger charge is 2.16. The quantitative estimate of drug-likeness (QED) is 0.804. The molecule has 0 aromatic heterocycles. The molecule has 0 spiro atoms. The summed E-state index contributed by atoms with van der Waals surface area (Å²) in [5.41, 5.74) is 9.59. The van der Waals surface area contributed by atoms with Crippen molar-refractivity contribution in [3.8, 4) is 0 Å². The zero-order chi connectivity index (χ0) is 17.6. The summed E-state index contributed by atoms with van der Waals surface area (Å²) in [6, 6.07) is 15.1. The molecule has 0 aliphatic heterocycles. The van der Waals surface area contributed by atoms with Crippen molar-refractivity contribution in [1.82, 2.24) is 5.32 Å². The van der Waals surface area contributed by atoms with Crippen molar-refractivity contribution in [2.24, 2.45) is 5.73 Å². The predicted molar refractivity (Wildman–Crippen MR) is 104 cm³/mol. The third-order valence-corrected chi connectivity index (χ3v) is 4.51. The van der Waals surface area contributed by atoms with E-state index in [2.05, 4.69) is 23.5 Å². The molecule has 2 aromatic rings. The standard InChI is InChI=1S/C21H21ClN2O/c22-19-10-8-16(9-11-19)20(12-13-23)24-21(25)18-7-3-6-17(14-18)15-4-1-2-5-15/h1,3-11,14,20H,2,12-13,23H2,(H,24,25). The average Bonchev–Trinajstić information content (AvgIpc) is 3.17. The molecule has 3 N–H and O–H groups in total. The molecule has 1 aliphatic rings. The van der Waals surface area contributed by atoms with Crippen LogP contribution in [0.4, 0.5) is 0 Å². The van der Waals surface area contributed by atoms with Crippen molar-refractivity contribution in [3.05, 3.63) is 88.5 Å². The maximum atomic E-state index is 12.7. The summed E-state index contributed by atoms with van der Waals surface area (Å²) >= 11 is 5.95. The Labute approximate surface area is 153 Å². The van der Waals surface area contributed by atoms with Crippen LogP contribution in [0.5, 0.6) is 0 Å². The first-order valence-electron chi connectivity index (χ1n) is 8.41. The third kappa shape index (κ3) is 4.38. The molecule has 1 aliphatic carbocycles. The summed E-state index contributed by atoms with van der Waals surface area (Å²) < 4.78 is 0. The van der Waals surface area contributed by atoms with E-state index in [4.69, 9.17) is 17.3 Å². The minimum absolute atomic E-state index is 0.0992. The lowest BCUT2D eigenvalue weighted by atomic mass is 10.0. The molecule has 0 bridgehead atoms. The number of nitrogens with two attached hydrogens (primary N) is 1. The number of hydrogen-bond donors (Lipinski definition) is 2. The molecule has 3 rings (SSSR count). The molecule has 0 saturated heterocycles. The van der Waals surface area contributed by atoms with Crippen molar-refractivity contribution in [3.63, 3.8) is 0 Å². The summed E-state index contributed by atoms with van der Waals surface area (Å²) in [4.78, 5) is 12.7. The van der Waals surface area contributed by atoms with Crippen LogP contribution in [-0.4, -0.2) is 12.5 Å². The molecular weight excluding hydrogens is 332 g/mol. The number of allylic oxidation sites excluding steroid dienone is 4. The van der Waals surface area contributed by atoms with Gasteiger partial charge in [0.15, 0.2) is 0 Å². The number of carbonyl (C=O) groups is 1. The van der Waals surface area contributed by atoms with Crippen LogP contribution >= 0.6 is 11.6 Å². The lowest BCUT2D eigenvalue weighted by molar-refractivity contribution is 0.0935. The van der Waals surface area contributed by atoms with Crippen LogP contribution < -0.4 is 11.1 Å². The number of rotatable bonds is 6. The Bertz CT molecular complexity index is 809. The van der Waals surface area contributed by atoms with E-state index in [0.29, 0.717) is 23.6 Å². The summed E-state index contributed by atoms with van der Waals surface area (Å²) in [6.07, 6.45) is 7.96. The molecule has 128 valence electrons. The fraction of sp³-hybridized carbons (Fsp3) is 0.190. The molecule has 2 aromatic carbocycles. The topological polar surface area (TPSA) is 55.1 Å². The van der Waals surface area contributed by atoms with Gasteiger partial charge in [-0.15, -0.1) is 0 Å². The molecule has 0 radical (unpaired) electrons. The second-order valence-electron chi connectivity index (χ2n) is 6.03. The molecular formula is C21H21ClN2O. The first-order chi connectivity index (χ1) is 12.2. The lowest BCUT2D eigenvalue weighted by Gasteiger charge is -2.19. The van der Waals surface area contributed by atoms with Crippen LogP contribution in [0.25, 0.3) is 5.57 Å². The number of hydrogen-bond acceptors (Lipinski definition) is 2. The molecule has 0 saturated carbocycles. The lowest BCUT2D eigenvalue weighted by Crippen LogP contribution is -2.30. The Kier molecular flexibility index (Phi) is 5.69. The van der Waals surface area contributed by atoms with Crippen LogP contribution in [0, 0.1) is 0 Å². The molecule has 25 heavy (non-hydrogen) atoms. The minimum Gasteiger partial charge on any atom is -0.345 e. The summed E-state index contributed by atoms with van der Waals surface area (Å²) in [6.45, 7) is 0.491. The van der Waals surface area contributed by atoms with E-state index in [9.17, 15) is 4.79 Å². The largest absolute Gasteiger partial charge is 0.345 e. The molecule has 1 unspecified atom stereocenters. The highest BCUT2D eigenvalue weighted by molar-refractivity contribution is 6.30. The van der Waals surface area contributed by atoms with Gasteiger partial charge in [0.25, 0.3) is 5.91 Å². The van der Waals surface area contributed by atoms with E-state index < -0.39 is 0 Å². The maximum absolute atomic E-state index is 12.7. The first-order valence-corrected chi connectivity index (χ1v) is 8.78. The van der Waals surface area contributed by atoms with Gasteiger partial charge in [-0.3, -0.25) is 4.79 Å². The van der Waals surface area contributed by atoms with Gasteiger partial charge < -0.3 is 11.1 Å². The SMILES string of the molecule is NCCC(NC(=O)c1cccc(C2=CCC=C2)c1)c1ccc(Cl)cc1. The maximum Gasteiger partial charge on any atom is 0.251 e. The zero-order valence-corrected chi connectivity index (χ0v) is 14.7. The average molecular weight is 353 g/mol. The van der Waals surface area contributed by atoms with Crippen LogP contribution in [0.3, 0.4) is 0 Å². The summed E-state index contributed by atoms with van der Waals surface area (Å²) in [5.74, 6) is -0.0992. The highest BCUT2D eigenvalue weighted by Crippen LogP contribution is 2.23. The van der Waals surface area contributed by atoms with Crippen molar-refractivity contribution in [1.29, 1.82) is 0 Å². The van der Waals surface area contributed by atoms with Gasteiger partial charge in [0.1, 0.15) is 0 Å². The van der Waals surface area contributed by atoms with Gasteiger partial charge >= 0.3 is 0 Å². The Balaban J connectivity index is 1.78. The van der Waals surface area contributed by atoms with Crippen LogP contribution in [0.2, 0.25) is 5.02 Å².